The summed E-state index contributed by atoms with van der Waals surface area (Å²) in [7, 11) is -3.31. The molecule has 0 aromatic heterocycles. The number of aryl methyl sites for hydroxylation is 1. The van der Waals surface area contributed by atoms with Gasteiger partial charge in [0, 0.05) is 32.4 Å². The Kier molecular flexibility index (Phi) is 5.46. The fraction of sp³-hybridized carbons (Fsp3) is 0.611. The van der Waals surface area contributed by atoms with Crippen molar-refractivity contribution in [2.24, 2.45) is 0 Å². The number of likely N-dealkylation sites (tertiary alicyclic amines) is 1. The summed E-state index contributed by atoms with van der Waals surface area (Å²) < 4.78 is 36.0. The Bertz CT molecular complexity index is 715. The van der Waals surface area contributed by atoms with Gasteiger partial charge in [0.25, 0.3) is 0 Å². The molecule has 6 nitrogen and oxygen atoms in total. The number of sulfone groups is 1. The van der Waals surface area contributed by atoms with Crippen molar-refractivity contribution in [3.05, 3.63) is 35.4 Å². The SMILES string of the molecule is Cc1ccccc1CS(=O)(=O)CCC(=O)N1CCC2(CC1)OCCO2. The van der Waals surface area contributed by atoms with Crippen molar-refractivity contribution in [2.45, 2.75) is 37.7 Å². The van der Waals surface area contributed by atoms with Crippen molar-refractivity contribution in [1.29, 1.82) is 0 Å². The normalized spacial score (nSPS) is 20.1. The topological polar surface area (TPSA) is 72.9 Å². The Hall–Kier alpha value is -1.44. The second kappa shape index (κ2) is 7.43. The van der Waals surface area contributed by atoms with Gasteiger partial charge in [-0.3, -0.25) is 4.79 Å². The van der Waals surface area contributed by atoms with Gasteiger partial charge in [0.1, 0.15) is 0 Å². The minimum Gasteiger partial charge on any atom is -0.347 e. The van der Waals surface area contributed by atoms with Gasteiger partial charge in [0.05, 0.1) is 24.7 Å². The zero-order chi connectivity index (χ0) is 17.9. The molecule has 2 fully saturated rings. The summed E-state index contributed by atoms with van der Waals surface area (Å²) in [5.74, 6) is -0.763. The summed E-state index contributed by atoms with van der Waals surface area (Å²) in [6.07, 6.45) is 1.33. The second-order valence-corrected chi connectivity index (χ2v) is 8.94. The zero-order valence-electron chi connectivity index (χ0n) is 14.6. The van der Waals surface area contributed by atoms with E-state index in [9.17, 15) is 13.2 Å². The predicted molar refractivity (Wildman–Crippen MR) is 93.7 cm³/mol. The van der Waals surface area contributed by atoms with Gasteiger partial charge in [-0.2, -0.15) is 0 Å². The van der Waals surface area contributed by atoms with Gasteiger partial charge in [0.2, 0.25) is 5.91 Å². The minimum absolute atomic E-state index is 0.0161. The molecule has 2 aliphatic rings. The molecule has 2 aliphatic heterocycles. The van der Waals surface area contributed by atoms with E-state index in [0.29, 0.717) is 39.1 Å². The van der Waals surface area contributed by atoms with Gasteiger partial charge < -0.3 is 14.4 Å². The first-order valence-electron chi connectivity index (χ1n) is 8.70. The number of carbonyl (C=O) groups excluding carboxylic acids is 1. The van der Waals surface area contributed by atoms with Gasteiger partial charge in [-0.05, 0) is 18.1 Å². The molecule has 0 atom stereocenters. The van der Waals surface area contributed by atoms with Crippen LogP contribution in [-0.2, 0) is 29.9 Å². The lowest BCUT2D eigenvalue weighted by atomic mass is 10.0. The monoisotopic (exact) mass is 367 g/mol. The fourth-order valence-corrected chi connectivity index (χ4v) is 4.79. The van der Waals surface area contributed by atoms with Crippen molar-refractivity contribution in [2.75, 3.05) is 32.1 Å². The molecule has 7 heteroatoms. The first-order chi connectivity index (χ1) is 11.9. The number of carbonyl (C=O) groups is 1. The number of hydrogen-bond donors (Lipinski definition) is 0. The van der Waals surface area contributed by atoms with Crippen molar-refractivity contribution >= 4 is 15.7 Å². The summed E-state index contributed by atoms with van der Waals surface area (Å²) >= 11 is 0. The van der Waals surface area contributed by atoms with Crippen molar-refractivity contribution in [3.63, 3.8) is 0 Å². The quantitative estimate of drug-likeness (QED) is 0.791. The number of piperidine rings is 1. The lowest BCUT2D eigenvalue weighted by molar-refractivity contribution is -0.187. The van der Waals surface area contributed by atoms with E-state index in [1.807, 2.05) is 31.2 Å². The largest absolute Gasteiger partial charge is 0.347 e. The van der Waals surface area contributed by atoms with Gasteiger partial charge >= 0.3 is 0 Å². The second-order valence-electron chi connectivity index (χ2n) is 6.76. The maximum absolute atomic E-state index is 12.3. The number of ether oxygens (including phenoxy) is 2. The molecule has 1 spiro atoms. The van der Waals surface area contributed by atoms with Crippen LogP contribution >= 0.6 is 0 Å². The molecular weight excluding hydrogens is 342 g/mol. The Labute approximate surface area is 149 Å². The molecule has 0 radical (unpaired) electrons. The van der Waals surface area contributed by atoms with Crippen LogP contribution in [0.15, 0.2) is 24.3 Å². The van der Waals surface area contributed by atoms with Crippen LogP contribution in [0, 0.1) is 6.92 Å². The summed E-state index contributed by atoms with van der Waals surface area (Å²) in [4.78, 5) is 14.1. The summed E-state index contributed by atoms with van der Waals surface area (Å²) in [6, 6.07) is 7.43. The molecule has 3 rings (SSSR count). The van der Waals surface area contributed by atoms with E-state index in [2.05, 4.69) is 0 Å². The summed E-state index contributed by atoms with van der Waals surface area (Å²) in [6.45, 7) is 4.20. The minimum atomic E-state index is -3.31. The highest BCUT2D eigenvalue weighted by molar-refractivity contribution is 7.90. The lowest BCUT2D eigenvalue weighted by Gasteiger charge is -2.37. The molecule has 1 amide bonds. The molecule has 0 saturated carbocycles. The maximum atomic E-state index is 12.3. The van der Waals surface area contributed by atoms with Crippen molar-refractivity contribution in [3.8, 4) is 0 Å². The fourth-order valence-electron chi connectivity index (χ4n) is 3.36. The highest BCUT2D eigenvalue weighted by Gasteiger charge is 2.40. The molecular formula is C18H25NO5S. The van der Waals surface area contributed by atoms with Crippen LogP contribution in [0.2, 0.25) is 0 Å². The Morgan fingerprint density at radius 3 is 2.44 bits per heavy atom. The maximum Gasteiger partial charge on any atom is 0.223 e. The molecule has 138 valence electrons. The average molecular weight is 367 g/mol. The van der Waals surface area contributed by atoms with Crippen molar-refractivity contribution < 1.29 is 22.7 Å². The predicted octanol–water partition coefficient (Wildman–Crippen LogP) is 1.67. The number of benzene rings is 1. The molecule has 0 N–H and O–H groups in total. The third-order valence-corrected chi connectivity index (χ3v) is 6.53. The van der Waals surface area contributed by atoms with Gasteiger partial charge in [-0.15, -0.1) is 0 Å². The van der Waals surface area contributed by atoms with Crippen molar-refractivity contribution in [1.82, 2.24) is 4.90 Å². The Morgan fingerprint density at radius 1 is 1.16 bits per heavy atom. The van der Waals surface area contributed by atoms with Crippen LogP contribution in [0.5, 0.6) is 0 Å². The standard InChI is InChI=1S/C18H25NO5S/c1-15-4-2-3-5-16(15)14-25(21,22)13-6-17(20)19-9-7-18(8-10-19)23-11-12-24-18/h2-5H,6-14H2,1H3. The van der Waals surface area contributed by atoms with Crippen LogP contribution in [0.3, 0.4) is 0 Å². The van der Waals surface area contributed by atoms with E-state index < -0.39 is 15.6 Å². The smallest absolute Gasteiger partial charge is 0.223 e. The first kappa shape index (κ1) is 18.4. The van der Waals surface area contributed by atoms with Crippen LogP contribution in [0.1, 0.15) is 30.4 Å². The number of rotatable bonds is 5. The van der Waals surface area contributed by atoms with E-state index in [-0.39, 0.29) is 23.8 Å². The third-order valence-electron chi connectivity index (χ3n) is 4.96. The Balaban J connectivity index is 1.49. The highest BCUT2D eigenvalue weighted by Crippen LogP contribution is 2.31. The van der Waals surface area contributed by atoms with Crippen LogP contribution in [-0.4, -0.2) is 57.1 Å². The Morgan fingerprint density at radius 2 is 1.80 bits per heavy atom. The third kappa shape index (κ3) is 4.59. The summed E-state index contributed by atoms with van der Waals surface area (Å²) in [5, 5.41) is 0. The molecule has 1 aromatic carbocycles. The molecule has 1 aromatic rings. The number of hydrogen-bond acceptors (Lipinski definition) is 5. The highest BCUT2D eigenvalue weighted by atomic mass is 32.2. The summed E-state index contributed by atoms with van der Waals surface area (Å²) in [5.41, 5.74) is 1.75. The lowest BCUT2D eigenvalue weighted by Crippen LogP contribution is -2.47. The number of amides is 1. The van der Waals surface area contributed by atoms with E-state index >= 15 is 0 Å². The van der Waals surface area contributed by atoms with Crippen LogP contribution in [0.25, 0.3) is 0 Å². The van der Waals surface area contributed by atoms with Crippen LogP contribution in [0.4, 0.5) is 0 Å². The number of nitrogens with zero attached hydrogens (tertiary/aromatic N) is 1. The van der Waals surface area contributed by atoms with E-state index in [4.69, 9.17) is 9.47 Å². The first-order valence-corrected chi connectivity index (χ1v) is 10.5. The van der Waals surface area contributed by atoms with E-state index in [0.717, 1.165) is 11.1 Å². The average Bonchev–Trinajstić information content (AvgIpc) is 3.03. The van der Waals surface area contributed by atoms with E-state index in [1.165, 1.54) is 0 Å². The molecule has 2 heterocycles. The van der Waals surface area contributed by atoms with Gasteiger partial charge in [-0.1, -0.05) is 24.3 Å². The van der Waals surface area contributed by atoms with E-state index in [1.54, 1.807) is 4.90 Å². The molecule has 0 bridgehead atoms. The molecule has 0 unspecified atom stereocenters. The van der Waals surface area contributed by atoms with Gasteiger partial charge in [0.15, 0.2) is 15.6 Å². The molecule has 0 aliphatic carbocycles. The molecule has 2 saturated heterocycles. The van der Waals surface area contributed by atoms with Gasteiger partial charge in [-0.25, -0.2) is 8.42 Å². The zero-order valence-corrected chi connectivity index (χ0v) is 15.4. The van der Waals surface area contributed by atoms with Crippen LogP contribution < -0.4 is 0 Å². The molecule has 25 heavy (non-hydrogen) atoms.